The third kappa shape index (κ3) is 1.65. The molecule has 0 spiro atoms. The minimum absolute atomic E-state index is 0.365. The van der Waals surface area contributed by atoms with Crippen molar-refractivity contribution in [3.8, 4) is 11.5 Å². The first kappa shape index (κ1) is 6.25. The van der Waals surface area contributed by atoms with E-state index in [1.54, 1.807) is 0 Å². The van der Waals surface area contributed by atoms with E-state index < -0.39 is 30.2 Å². The van der Waals surface area contributed by atoms with E-state index in [-0.39, 0.29) is 5.56 Å². The molecule has 0 aromatic heterocycles. The first-order valence-electron chi connectivity index (χ1n) is 4.30. The van der Waals surface area contributed by atoms with E-state index in [0.717, 1.165) is 6.07 Å². The second kappa shape index (κ2) is 3.40. The molecule has 0 fully saturated rings. The molecule has 0 unspecified atom stereocenters. The SMILES string of the molecule is [2H]C([2H])(CN)c1cc(O)c(O)cc1[18F]. The van der Waals surface area contributed by atoms with Crippen molar-refractivity contribution in [2.24, 2.45) is 5.73 Å². The van der Waals surface area contributed by atoms with Crippen LogP contribution < -0.4 is 5.73 Å². The minimum atomic E-state index is -2.06. The van der Waals surface area contributed by atoms with Gasteiger partial charge in [0.1, 0.15) is 5.82 Å². The second-order valence-corrected chi connectivity index (χ2v) is 2.20. The second-order valence-electron chi connectivity index (χ2n) is 2.20. The highest BCUT2D eigenvalue weighted by atomic mass is 18.2. The van der Waals surface area contributed by atoms with Crippen LogP contribution in [0.25, 0.3) is 0 Å². The molecule has 12 heavy (non-hydrogen) atoms. The van der Waals surface area contributed by atoms with Crippen molar-refractivity contribution < 1.29 is 17.3 Å². The standard InChI is InChI=1S/C8H10FNO2/c9-6-4-8(12)7(11)3-5(6)1-2-10/h3-4,11-12H,1-2,10H2/i1D2,9-1. The van der Waals surface area contributed by atoms with Gasteiger partial charge in [-0.3, -0.25) is 0 Å². The molecule has 1 rings (SSSR count). The molecule has 0 aliphatic rings. The van der Waals surface area contributed by atoms with E-state index in [2.05, 4.69) is 0 Å². The number of nitrogens with two attached hydrogens (primary N) is 1. The van der Waals surface area contributed by atoms with Crippen molar-refractivity contribution in [2.45, 2.75) is 6.37 Å². The topological polar surface area (TPSA) is 66.5 Å². The monoisotopic (exact) mass is 172 g/mol. The third-order valence-corrected chi connectivity index (χ3v) is 1.36. The Labute approximate surface area is 72.1 Å². The predicted molar refractivity (Wildman–Crippen MR) is 42.5 cm³/mol. The van der Waals surface area contributed by atoms with Gasteiger partial charge in [0, 0.05) is 8.81 Å². The van der Waals surface area contributed by atoms with E-state index in [1.807, 2.05) is 0 Å². The van der Waals surface area contributed by atoms with Crippen LogP contribution in [0.1, 0.15) is 8.30 Å². The lowest BCUT2D eigenvalue weighted by molar-refractivity contribution is 0.398. The summed E-state index contributed by atoms with van der Waals surface area (Å²) in [5.74, 6) is -2.13. The summed E-state index contributed by atoms with van der Waals surface area (Å²) in [5.41, 5.74) is 4.74. The molecule has 1 aromatic rings. The van der Waals surface area contributed by atoms with Gasteiger partial charge in [-0.2, -0.15) is 0 Å². The van der Waals surface area contributed by atoms with E-state index in [9.17, 15) is 4.39 Å². The molecule has 0 radical (unpaired) electrons. The Morgan fingerprint density at radius 3 is 2.58 bits per heavy atom. The smallest absolute Gasteiger partial charge is 0.160 e. The normalized spacial score (nSPS) is 13.8. The van der Waals surface area contributed by atoms with Crippen molar-refractivity contribution in [2.75, 3.05) is 6.54 Å². The van der Waals surface area contributed by atoms with Gasteiger partial charge in [-0.25, -0.2) is 4.39 Å². The Kier molecular flexibility index (Phi) is 1.77. The molecule has 66 valence electrons. The van der Waals surface area contributed by atoms with Crippen molar-refractivity contribution in [3.63, 3.8) is 0 Å². The van der Waals surface area contributed by atoms with Crippen LogP contribution in [-0.2, 0) is 6.37 Å². The maximum atomic E-state index is 13.1. The molecule has 0 aliphatic carbocycles. The van der Waals surface area contributed by atoms with Crippen molar-refractivity contribution in [1.29, 1.82) is 0 Å². The molecule has 4 heteroatoms. The number of aromatic hydroxyl groups is 2. The Hall–Kier alpha value is -1.29. The van der Waals surface area contributed by atoms with Gasteiger partial charge in [-0.1, -0.05) is 0 Å². The number of halogens is 1. The quantitative estimate of drug-likeness (QED) is 0.576. The molecule has 4 N–H and O–H groups in total. The molecule has 3 nitrogen and oxygen atoms in total. The van der Waals surface area contributed by atoms with Gasteiger partial charge in [0.25, 0.3) is 0 Å². The molecule has 0 saturated heterocycles. The lowest BCUT2D eigenvalue weighted by atomic mass is 10.1. The summed E-state index contributed by atoms with van der Waals surface area (Å²) in [7, 11) is 0. The fraction of sp³-hybridized carbons (Fsp3) is 0.250. The molecule has 0 heterocycles. The largest absolute Gasteiger partial charge is 0.504 e. The van der Waals surface area contributed by atoms with E-state index >= 15 is 0 Å². The van der Waals surface area contributed by atoms with Crippen molar-refractivity contribution in [3.05, 3.63) is 23.5 Å². The summed E-state index contributed by atoms with van der Waals surface area (Å²) >= 11 is 0. The molecule has 0 atom stereocenters. The van der Waals surface area contributed by atoms with Crippen LogP contribution in [0.2, 0.25) is 0 Å². The zero-order chi connectivity index (χ0) is 10.9. The summed E-state index contributed by atoms with van der Waals surface area (Å²) in [6.45, 7) is -0.409. The Bertz CT molecular complexity index is 357. The van der Waals surface area contributed by atoms with Gasteiger partial charge in [0.15, 0.2) is 11.5 Å². The van der Waals surface area contributed by atoms with Gasteiger partial charge in [-0.05, 0) is 24.5 Å². The third-order valence-electron chi connectivity index (χ3n) is 1.36. The van der Waals surface area contributed by atoms with Crippen LogP contribution in [-0.4, -0.2) is 16.8 Å². The maximum Gasteiger partial charge on any atom is 0.160 e. The van der Waals surface area contributed by atoms with E-state index in [0.29, 0.717) is 6.07 Å². The molecule has 0 amide bonds. The van der Waals surface area contributed by atoms with Crippen LogP contribution in [0.4, 0.5) is 4.39 Å². The number of benzene rings is 1. The van der Waals surface area contributed by atoms with Crippen LogP contribution >= 0.6 is 0 Å². The highest BCUT2D eigenvalue weighted by Gasteiger charge is 2.06. The molecule has 0 saturated carbocycles. The highest BCUT2D eigenvalue weighted by Crippen LogP contribution is 2.27. The number of rotatable bonds is 2. The van der Waals surface area contributed by atoms with Gasteiger partial charge in [0.05, 0.1) is 0 Å². The highest BCUT2D eigenvalue weighted by molar-refractivity contribution is 5.41. The Balaban J connectivity index is 3.29. The summed E-state index contributed by atoms with van der Waals surface area (Å²) in [6.07, 6.45) is -2.06. The lowest BCUT2D eigenvalue weighted by Crippen LogP contribution is -2.04. The van der Waals surface area contributed by atoms with Gasteiger partial charge in [-0.15, -0.1) is 0 Å². The average molecular weight is 172 g/mol. The lowest BCUT2D eigenvalue weighted by Gasteiger charge is -2.03. The number of phenols is 2. The van der Waals surface area contributed by atoms with E-state index in [1.165, 1.54) is 0 Å². The molecular weight excluding hydrogens is 160 g/mol. The summed E-state index contributed by atoms with van der Waals surface area (Å²) in [4.78, 5) is 0. The van der Waals surface area contributed by atoms with Crippen LogP contribution in [0.15, 0.2) is 12.1 Å². The van der Waals surface area contributed by atoms with Gasteiger partial charge >= 0.3 is 0 Å². The predicted octanol–water partition coefficient (Wildman–Crippen LogP) is 0.738. The minimum Gasteiger partial charge on any atom is -0.504 e. The fourth-order valence-electron chi connectivity index (χ4n) is 0.797. The molecule has 0 bridgehead atoms. The number of hydrogen-bond acceptors (Lipinski definition) is 3. The molecule has 1 aromatic carbocycles. The zero-order valence-corrected chi connectivity index (χ0v) is 6.21. The Morgan fingerprint density at radius 2 is 2.00 bits per heavy atom. The first-order valence-corrected chi connectivity index (χ1v) is 3.30. The van der Waals surface area contributed by atoms with Crippen LogP contribution in [0.5, 0.6) is 11.5 Å². The van der Waals surface area contributed by atoms with Crippen LogP contribution in [0.3, 0.4) is 0 Å². The Morgan fingerprint density at radius 1 is 1.42 bits per heavy atom. The van der Waals surface area contributed by atoms with Crippen molar-refractivity contribution >= 4 is 0 Å². The summed E-state index contributed by atoms with van der Waals surface area (Å²) in [5, 5.41) is 18.0. The zero-order valence-electron chi connectivity index (χ0n) is 8.21. The number of hydrogen-bond donors (Lipinski definition) is 3. The average Bonchev–Trinajstić information content (AvgIpc) is 2.11. The van der Waals surface area contributed by atoms with E-state index in [4.69, 9.17) is 18.7 Å². The first-order chi connectivity index (χ1) is 6.38. The molecular formula is C8H10FNO2. The van der Waals surface area contributed by atoms with Gasteiger partial charge in [0.2, 0.25) is 0 Å². The summed E-state index contributed by atoms with van der Waals surface area (Å²) < 4.78 is 27.8. The fourth-order valence-corrected chi connectivity index (χ4v) is 0.797. The van der Waals surface area contributed by atoms with Gasteiger partial charge < -0.3 is 15.9 Å². The maximum absolute atomic E-state index is 13.1. The van der Waals surface area contributed by atoms with Crippen LogP contribution in [0, 0.1) is 5.82 Å². The summed E-state index contributed by atoms with van der Waals surface area (Å²) in [6, 6.07) is 1.48. The molecule has 0 aliphatic heterocycles. The number of phenolic OH excluding ortho intramolecular Hbond substituents is 2. The van der Waals surface area contributed by atoms with Crippen molar-refractivity contribution in [1.82, 2.24) is 0 Å².